The van der Waals surface area contributed by atoms with Crippen LogP contribution in [0.2, 0.25) is 5.02 Å². The largest absolute Gasteiger partial charge is 0.496 e. The van der Waals surface area contributed by atoms with Gasteiger partial charge >= 0.3 is 0 Å². The van der Waals surface area contributed by atoms with Crippen LogP contribution in [0.5, 0.6) is 5.75 Å². The third-order valence-electron chi connectivity index (χ3n) is 9.60. The van der Waals surface area contributed by atoms with E-state index in [2.05, 4.69) is 25.5 Å². The van der Waals surface area contributed by atoms with Gasteiger partial charge in [-0.15, -0.1) is 0 Å². The van der Waals surface area contributed by atoms with Crippen LogP contribution < -0.4 is 21.1 Å². The number of pyridine rings is 1. The molecule has 0 spiro atoms. The van der Waals surface area contributed by atoms with Crippen molar-refractivity contribution in [2.75, 3.05) is 45.8 Å². The quantitative estimate of drug-likeness (QED) is 0.212. The van der Waals surface area contributed by atoms with Gasteiger partial charge in [-0.3, -0.25) is 19.5 Å². The highest BCUT2D eigenvalue weighted by Crippen LogP contribution is 2.42. The van der Waals surface area contributed by atoms with Crippen molar-refractivity contribution in [3.63, 3.8) is 0 Å². The highest BCUT2D eigenvalue weighted by Gasteiger charge is 2.34. The second-order valence-electron chi connectivity index (χ2n) is 12.7. The van der Waals surface area contributed by atoms with E-state index in [1.54, 1.807) is 16.8 Å². The van der Waals surface area contributed by atoms with Gasteiger partial charge in [-0.05, 0) is 36.7 Å². The van der Waals surface area contributed by atoms with Crippen molar-refractivity contribution in [1.82, 2.24) is 24.8 Å². The Bertz CT molecular complexity index is 1890. The van der Waals surface area contributed by atoms with Crippen LogP contribution in [-0.2, 0) is 24.8 Å². The molecule has 0 radical (unpaired) electrons. The van der Waals surface area contributed by atoms with Gasteiger partial charge in [-0.1, -0.05) is 41.9 Å². The number of amides is 2. The number of hydrogen-bond donors (Lipinski definition) is 3. The molecule has 1 unspecified atom stereocenters. The highest BCUT2D eigenvalue weighted by molar-refractivity contribution is 6.34. The predicted molar refractivity (Wildman–Crippen MR) is 186 cm³/mol. The number of rotatable bonds is 10. The van der Waals surface area contributed by atoms with E-state index in [1.165, 1.54) is 7.11 Å². The number of halogens is 2. The number of alkyl halides is 1. The van der Waals surface area contributed by atoms with Crippen LogP contribution in [0.15, 0.2) is 48.7 Å². The summed E-state index contributed by atoms with van der Waals surface area (Å²) in [6.07, 6.45) is 3.02. The van der Waals surface area contributed by atoms with Crippen LogP contribution in [0.4, 0.5) is 10.1 Å². The van der Waals surface area contributed by atoms with Gasteiger partial charge < -0.3 is 30.4 Å². The number of nitrogens with one attached hydrogen (secondary N) is 2. The first-order chi connectivity index (χ1) is 23.5. The zero-order valence-corrected chi connectivity index (χ0v) is 28.9. The molecule has 1 atom stereocenters. The molecule has 258 valence electrons. The molecule has 0 bridgehead atoms. The number of ether oxygens (including phenoxy) is 2. The van der Waals surface area contributed by atoms with Crippen molar-refractivity contribution >= 4 is 29.1 Å². The van der Waals surface area contributed by atoms with Gasteiger partial charge in [0.1, 0.15) is 17.1 Å². The lowest BCUT2D eigenvalue weighted by atomic mass is 9.91. The SMILES string of the molecule is COc1cc(C(=O)Nc2cccc(-c3cccc(C4c5nc(C(N)=O)n(C)c5CCN4C)c3Cl)c2C)ncc1CNCC1(F)CCOCC1. The van der Waals surface area contributed by atoms with Gasteiger partial charge in [-0.25, -0.2) is 9.37 Å². The number of nitrogens with two attached hydrogens (primary N) is 1. The number of benzene rings is 2. The lowest BCUT2D eigenvalue weighted by molar-refractivity contribution is -0.00795. The van der Waals surface area contributed by atoms with Crippen LogP contribution in [0.25, 0.3) is 11.1 Å². The molecule has 2 aromatic heterocycles. The van der Waals surface area contributed by atoms with Crippen molar-refractivity contribution < 1.29 is 23.5 Å². The summed E-state index contributed by atoms with van der Waals surface area (Å²) >= 11 is 7.18. The zero-order chi connectivity index (χ0) is 34.9. The molecule has 4 heterocycles. The van der Waals surface area contributed by atoms with Crippen LogP contribution in [-0.4, -0.2) is 77.4 Å². The first-order valence-corrected chi connectivity index (χ1v) is 16.6. The first kappa shape index (κ1) is 34.5. The molecule has 6 rings (SSSR count). The molecule has 1 fully saturated rings. The minimum atomic E-state index is -1.30. The molecule has 2 amide bonds. The van der Waals surface area contributed by atoms with Crippen LogP contribution >= 0.6 is 11.6 Å². The van der Waals surface area contributed by atoms with E-state index < -0.39 is 17.5 Å². The number of aromatic nitrogens is 3. The van der Waals surface area contributed by atoms with Gasteiger partial charge in [0.2, 0.25) is 0 Å². The second-order valence-corrected chi connectivity index (χ2v) is 13.1. The Morgan fingerprint density at radius 3 is 2.63 bits per heavy atom. The Morgan fingerprint density at radius 2 is 1.90 bits per heavy atom. The molecule has 4 aromatic rings. The molecule has 2 aliphatic rings. The summed E-state index contributed by atoms with van der Waals surface area (Å²) in [7, 11) is 5.34. The maximum atomic E-state index is 15.0. The Morgan fingerprint density at radius 1 is 1.16 bits per heavy atom. The average molecular weight is 690 g/mol. The molecule has 0 saturated carbocycles. The number of anilines is 1. The van der Waals surface area contributed by atoms with Crippen molar-refractivity contribution in [3.8, 4) is 16.9 Å². The number of nitrogens with zero attached hydrogens (tertiary/aromatic N) is 4. The number of primary amides is 1. The Balaban J connectivity index is 1.22. The molecule has 4 N–H and O–H groups in total. The molecule has 0 aliphatic carbocycles. The summed E-state index contributed by atoms with van der Waals surface area (Å²) in [5.74, 6) is -0.283. The number of methoxy groups -OCH3 is 1. The molecular weight excluding hydrogens is 649 g/mol. The van der Waals surface area contributed by atoms with Crippen LogP contribution in [0.3, 0.4) is 0 Å². The fourth-order valence-electron chi connectivity index (χ4n) is 6.76. The van der Waals surface area contributed by atoms with E-state index >= 15 is 0 Å². The van der Waals surface area contributed by atoms with Crippen LogP contribution in [0, 0.1) is 6.92 Å². The van der Waals surface area contributed by atoms with E-state index in [4.69, 9.17) is 26.8 Å². The van der Waals surface area contributed by atoms with E-state index in [9.17, 15) is 14.0 Å². The third-order valence-corrected chi connectivity index (χ3v) is 10.0. The summed E-state index contributed by atoms with van der Waals surface area (Å²) < 4.78 is 27.6. The smallest absolute Gasteiger partial charge is 0.284 e. The minimum absolute atomic E-state index is 0.179. The maximum Gasteiger partial charge on any atom is 0.284 e. The first-order valence-electron chi connectivity index (χ1n) is 16.3. The third kappa shape index (κ3) is 6.91. The van der Waals surface area contributed by atoms with Gasteiger partial charge in [0, 0.05) is 93.9 Å². The predicted octanol–water partition coefficient (Wildman–Crippen LogP) is 4.99. The number of hydrogen-bond acceptors (Lipinski definition) is 8. The summed E-state index contributed by atoms with van der Waals surface area (Å²) in [5.41, 5.74) is 10.9. The summed E-state index contributed by atoms with van der Waals surface area (Å²) in [6, 6.07) is 12.8. The molecule has 11 nitrogen and oxygen atoms in total. The minimum Gasteiger partial charge on any atom is -0.496 e. The lowest BCUT2D eigenvalue weighted by Crippen LogP contribution is -2.41. The van der Waals surface area contributed by atoms with Crippen molar-refractivity contribution in [2.24, 2.45) is 12.8 Å². The van der Waals surface area contributed by atoms with Gasteiger partial charge in [0.15, 0.2) is 5.82 Å². The highest BCUT2D eigenvalue weighted by atomic mass is 35.5. The molecular formula is C36H41ClFN7O4. The maximum absolute atomic E-state index is 15.0. The van der Waals surface area contributed by atoms with E-state index in [1.807, 2.05) is 57.4 Å². The number of carbonyl (C=O) groups is 2. The molecule has 1 saturated heterocycles. The van der Waals surface area contributed by atoms with Gasteiger partial charge in [-0.2, -0.15) is 0 Å². The number of imidazole rings is 1. The number of likely N-dealkylation sites (N-methyl/N-ethyl adjacent to an activating group) is 1. The topological polar surface area (TPSA) is 137 Å². The average Bonchev–Trinajstić information content (AvgIpc) is 3.42. The van der Waals surface area contributed by atoms with E-state index in [0.29, 0.717) is 49.1 Å². The molecule has 2 aliphatic heterocycles. The summed E-state index contributed by atoms with van der Waals surface area (Å²) in [5, 5.41) is 6.71. The van der Waals surface area contributed by atoms with Crippen molar-refractivity contribution in [2.45, 2.75) is 44.4 Å². The van der Waals surface area contributed by atoms with E-state index in [-0.39, 0.29) is 24.1 Å². The molecule has 2 aromatic carbocycles. The summed E-state index contributed by atoms with van der Waals surface area (Å²) in [6.45, 7) is 4.05. The zero-order valence-electron chi connectivity index (χ0n) is 28.1. The Kier molecular flexibility index (Phi) is 10.0. The summed E-state index contributed by atoms with van der Waals surface area (Å²) in [4.78, 5) is 36.7. The van der Waals surface area contributed by atoms with Gasteiger partial charge in [0.05, 0.1) is 23.9 Å². The van der Waals surface area contributed by atoms with Crippen LogP contribution in [0.1, 0.15) is 68.1 Å². The standard InChI is InChI=1S/C36H41ClFN7O4/c1-21-23(24-8-5-9-25(30(24)37)32-31-28(11-14-44(32)2)45(3)34(43-31)33(39)46)7-6-10-26(21)42-35(47)27-17-29(48-4)22(19-41-27)18-40-20-36(38)12-15-49-16-13-36/h5-10,17,19,32,40H,11-16,18,20H2,1-4H3,(H2,39,46)(H,42,47). The fourth-order valence-corrected chi connectivity index (χ4v) is 7.09. The second kappa shape index (κ2) is 14.2. The molecule has 13 heteroatoms. The fraction of sp³-hybridized carbons (Fsp3) is 0.389. The van der Waals surface area contributed by atoms with Gasteiger partial charge in [0.25, 0.3) is 11.8 Å². The molecule has 49 heavy (non-hydrogen) atoms. The Labute approximate surface area is 290 Å². The van der Waals surface area contributed by atoms with E-state index in [0.717, 1.165) is 52.2 Å². The number of carbonyl (C=O) groups excluding carboxylic acids is 2. The van der Waals surface area contributed by atoms with Crippen molar-refractivity contribution in [1.29, 1.82) is 0 Å². The number of fused-ring (bicyclic) bond motifs is 1. The Hall–Kier alpha value is -4.36. The monoisotopic (exact) mass is 689 g/mol. The lowest BCUT2D eigenvalue weighted by Gasteiger charge is -2.33. The van der Waals surface area contributed by atoms with Crippen molar-refractivity contribution in [3.05, 3.63) is 93.3 Å². The normalized spacial score (nSPS) is 17.4.